The van der Waals surface area contributed by atoms with Crippen molar-refractivity contribution in [1.82, 2.24) is 0 Å². The monoisotopic (exact) mass is 316 g/mol. The van der Waals surface area contributed by atoms with Crippen LogP contribution in [0.5, 0.6) is 0 Å². The zero-order valence-electron chi connectivity index (χ0n) is 5.99. The summed E-state index contributed by atoms with van der Waals surface area (Å²) in [6, 6.07) is 0. The molecule has 0 aromatic carbocycles. The normalized spacial score (nSPS) is 6.22. The molecule has 4 nitrogen and oxygen atoms in total. The van der Waals surface area contributed by atoms with Gasteiger partial charge in [-0.05, 0) is 0 Å². The van der Waals surface area contributed by atoms with Crippen LogP contribution < -0.4 is 0 Å². The Balaban J connectivity index is -0.0000000133. The molecule has 0 atom stereocenters. The standard InChI is InChI=1S/4CH3.4O.Os/h4*1H3;;;;;/q4*-1;;;;;. The van der Waals surface area contributed by atoms with Crippen molar-refractivity contribution in [3.05, 3.63) is 29.7 Å². The third-order valence-corrected chi connectivity index (χ3v) is 0. The summed E-state index contributed by atoms with van der Waals surface area (Å²) >= 11 is -6.06. The first kappa shape index (κ1) is 36.9. The summed E-state index contributed by atoms with van der Waals surface area (Å²) in [4.78, 5) is 0. The Morgan fingerprint density at radius 2 is 0.556 bits per heavy atom. The van der Waals surface area contributed by atoms with Crippen LogP contribution in [0, 0.1) is 29.7 Å². The third kappa shape index (κ3) is 9970. The van der Waals surface area contributed by atoms with Crippen molar-refractivity contribution < 1.29 is 29.0 Å². The van der Waals surface area contributed by atoms with E-state index in [4.69, 9.17) is 14.2 Å². The zero-order valence-corrected chi connectivity index (χ0v) is 8.53. The first-order chi connectivity index (χ1) is 2.00. The Bertz CT molecular complexity index is 164. The van der Waals surface area contributed by atoms with Gasteiger partial charge in [-0.1, -0.05) is 0 Å². The fourth-order valence-electron chi connectivity index (χ4n) is 0. The molecular weight excluding hydrogens is 302 g/mol. The van der Waals surface area contributed by atoms with Gasteiger partial charge >= 0.3 is 29.0 Å². The maximum atomic E-state index is 8.63. The summed E-state index contributed by atoms with van der Waals surface area (Å²) in [7, 11) is 0. The number of hydrogen-bond donors (Lipinski definition) is 0. The molecular formula is C4H12O4Os-4. The van der Waals surface area contributed by atoms with Crippen LogP contribution in [0.1, 0.15) is 0 Å². The van der Waals surface area contributed by atoms with Crippen molar-refractivity contribution in [3.8, 4) is 0 Å². The molecule has 0 aromatic rings. The number of rotatable bonds is 0. The summed E-state index contributed by atoms with van der Waals surface area (Å²) in [6.45, 7) is 0. The van der Waals surface area contributed by atoms with Gasteiger partial charge in [-0.3, -0.25) is 0 Å². The van der Waals surface area contributed by atoms with Gasteiger partial charge in [0.05, 0.1) is 0 Å². The molecule has 0 radical (unpaired) electrons. The minimum atomic E-state index is -6.06. The summed E-state index contributed by atoms with van der Waals surface area (Å²) in [5.41, 5.74) is 0. The molecule has 0 spiro atoms. The fraction of sp³-hybridized carbons (Fsp3) is 0. The van der Waals surface area contributed by atoms with Gasteiger partial charge in [-0.15, -0.1) is 0 Å². The van der Waals surface area contributed by atoms with E-state index in [2.05, 4.69) is 0 Å². The van der Waals surface area contributed by atoms with Gasteiger partial charge in [-0.2, -0.15) is 0 Å². The van der Waals surface area contributed by atoms with Crippen molar-refractivity contribution in [2.75, 3.05) is 0 Å². The van der Waals surface area contributed by atoms with Crippen molar-refractivity contribution in [2.45, 2.75) is 0 Å². The molecule has 0 fully saturated rings. The summed E-state index contributed by atoms with van der Waals surface area (Å²) in [6.07, 6.45) is 0. The van der Waals surface area contributed by atoms with Crippen LogP contribution in [-0.2, 0) is 29.0 Å². The molecule has 0 rings (SSSR count). The van der Waals surface area contributed by atoms with Gasteiger partial charge in [0, 0.05) is 0 Å². The topological polar surface area (TPSA) is 68.3 Å². The molecule has 0 N–H and O–H groups in total. The van der Waals surface area contributed by atoms with Crippen LogP contribution in [0.25, 0.3) is 0 Å². The average molecular weight is 314 g/mol. The minimum absolute atomic E-state index is 0. The Kier molecular flexibility index (Phi) is 44.0. The summed E-state index contributed by atoms with van der Waals surface area (Å²) in [5.74, 6) is 0. The van der Waals surface area contributed by atoms with Crippen LogP contribution in [0.3, 0.4) is 0 Å². The predicted octanol–water partition coefficient (Wildman–Crippen LogP) is 1.32. The van der Waals surface area contributed by atoms with E-state index in [1.165, 1.54) is 0 Å². The van der Waals surface area contributed by atoms with E-state index < -0.39 is 14.8 Å². The van der Waals surface area contributed by atoms with Crippen LogP contribution in [-0.4, -0.2) is 0 Å². The van der Waals surface area contributed by atoms with Gasteiger partial charge in [0.15, 0.2) is 0 Å². The van der Waals surface area contributed by atoms with E-state index in [0.29, 0.717) is 0 Å². The van der Waals surface area contributed by atoms with Crippen molar-refractivity contribution in [1.29, 1.82) is 0 Å². The molecule has 0 aliphatic carbocycles. The fourth-order valence-corrected chi connectivity index (χ4v) is 0. The molecule has 5 heteroatoms. The van der Waals surface area contributed by atoms with E-state index in [-0.39, 0.29) is 29.7 Å². The Hall–Kier alpha value is -0.164. The maximum absolute atomic E-state index is 8.63. The molecule has 0 aromatic heterocycles. The zero-order chi connectivity index (χ0) is 4.50. The van der Waals surface area contributed by atoms with Gasteiger partial charge in [0.2, 0.25) is 0 Å². The first-order valence-corrected chi connectivity index (χ1v) is 4.73. The first-order valence-electron chi connectivity index (χ1n) is 0.577. The molecule has 0 heterocycles. The van der Waals surface area contributed by atoms with E-state index in [1.54, 1.807) is 0 Å². The molecule has 0 aliphatic rings. The Labute approximate surface area is 59.3 Å². The molecule has 0 unspecified atom stereocenters. The van der Waals surface area contributed by atoms with E-state index in [1.807, 2.05) is 0 Å². The molecule has 0 saturated heterocycles. The van der Waals surface area contributed by atoms with Crippen LogP contribution in [0.15, 0.2) is 0 Å². The van der Waals surface area contributed by atoms with Gasteiger partial charge in [-0.25, -0.2) is 0 Å². The van der Waals surface area contributed by atoms with Crippen LogP contribution >= 0.6 is 0 Å². The molecule has 9 heavy (non-hydrogen) atoms. The molecule has 0 saturated carbocycles. The van der Waals surface area contributed by atoms with Gasteiger partial charge in [0.1, 0.15) is 0 Å². The Morgan fingerprint density at radius 1 is 0.556 bits per heavy atom. The quantitative estimate of drug-likeness (QED) is 0.633. The van der Waals surface area contributed by atoms with Crippen molar-refractivity contribution >= 4 is 0 Å². The van der Waals surface area contributed by atoms with Gasteiger partial charge in [0.25, 0.3) is 0 Å². The molecule has 0 bridgehead atoms. The van der Waals surface area contributed by atoms with E-state index in [9.17, 15) is 0 Å². The predicted molar refractivity (Wildman–Crippen MR) is 28.4 cm³/mol. The number of hydrogen-bond acceptors (Lipinski definition) is 4. The summed E-state index contributed by atoms with van der Waals surface area (Å²) < 4.78 is 34.5. The average Bonchev–Trinajstić information content (AvgIpc) is 0.722. The molecule has 64 valence electrons. The Morgan fingerprint density at radius 3 is 0.556 bits per heavy atom. The van der Waals surface area contributed by atoms with Crippen molar-refractivity contribution in [2.24, 2.45) is 0 Å². The summed E-state index contributed by atoms with van der Waals surface area (Å²) in [5, 5.41) is 0. The molecule has 0 amide bonds. The second-order valence-corrected chi connectivity index (χ2v) is 2.89. The second-order valence-electron chi connectivity index (χ2n) is 0.354. The van der Waals surface area contributed by atoms with Crippen molar-refractivity contribution in [3.63, 3.8) is 0 Å². The third-order valence-electron chi connectivity index (χ3n) is 0. The second kappa shape index (κ2) is 10.8. The van der Waals surface area contributed by atoms with E-state index >= 15 is 0 Å². The van der Waals surface area contributed by atoms with Crippen LogP contribution in [0.4, 0.5) is 0 Å². The molecule has 0 aliphatic heterocycles. The van der Waals surface area contributed by atoms with Gasteiger partial charge < -0.3 is 29.7 Å². The SMILES string of the molecule is [CH3-].[CH3-].[CH3-].[CH3-].[O]=[Os](=[O])(=[O])=[O]. The van der Waals surface area contributed by atoms with E-state index in [0.717, 1.165) is 0 Å². The van der Waals surface area contributed by atoms with Crippen LogP contribution in [0.2, 0.25) is 0 Å².